The predicted octanol–water partition coefficient (Wildman–Crippen LogP) is 4.08. The lowest BCUT2D eigenvalue weighted by Gasteiger charge is -2.29. The first-order chi connectivity index (χ1) is 12.0. The van der Waals surface area contributed by atoms with Crippen molar-refractivity contribution in [2.75, 3.05) is 18.4 Å². The molecule has 0 unspecified atom stereocenters. The van der Waals surface area contributed by atoms with Gasteiger partial charge in [0.05, 0.1) is 17.3 Å². The van der Waals surface area contributed by atoms with Crippen LogP contribution in [-0.2, 0) is 0 Å². The van der Waals surface area contributed by atoms with Gasteiger partial charge in [0.25, 0.3) is 5.91 Å². The van der Waals surface area contributed by atoms with Gasteiger partial charge in [0.15, 0.2) is 5.13 Å². The van der Waals surface area contributed by atoms with Crippen LogP contribution in [0.5, 0.6) is 0 Å². The van der Waals surface area contributed by atoms with Crippen molar-refractivity contribution in [2.24, 2.45) is 5.92 Å². The monoisotopic (exact) mass is 358 g/mol. The highest BCUT2D eigenvalue weighted by Crippen LogP contribution is 2.28. The summed E-state index contributed by atoms with van der Waals surface area (Å²) in [6, 6.07) is 6.10. The number of aromatic nitrogens is 1. The average molecular weight is 358 g/mol. The average Bonchev–Trinajstić information content (AvgIpc) is 2.97. The lowest BCUT2D eigenvalue weighted by Crippen LogP contribution is -2.38. The molecule has 7 heteroatoms. The van der Waals surface area contributed by atoms with E-state index in [1.54, 1.807) is 0 Å². The first-order valence-electron chi connectivity index (χ1n) is 8.21. The zero-order valence-corrected chi connectivity index (χ0v) is 15.0. The summed E-state index contributed by atoms with van der Waals surface area (Å²) in [7, 11) is 0. The van der Waals surface area contributed by atoms with Crippen LogP contribution in [-0.4, -0.2) is 28.9 Å². The Balaban J connectivity index is 1.76. The van der Waals surface area contributed by atoms with Crippen LogP contribution in [0.25, 0.3) is 0 Å². The highest BCUT2D eigenvalue weighted by atomic mass is 32.1. The maximum absolute atomic E-state index is 14.0. The van der Waals surface area contributed by atoms with Crippen molar-refractivity contribution in [3.05, 3.63) is 40.2 Å². The maximum Gasteiger partial charge on any atom is 0.273 e. The van der Waals surface area contributed by atoms with E-state index in [0.717, 1.165) is 30.8 Å². The van der Waals surface area contributed by atoms with Crippen LogP contribution >= 0.6 is 11.3 Å². The maximum atomic E-state index is 14.0. The Labute approximate surface area is 150 Å². The second-order valence-electron chi connectivity index (χ2n) is 6.33. The van der Waals surface area contributed by atoms with Gasteiger partial charge in [-0.2, -0.15) is 5.26 Å². The van der Waals surface area contributed by atoms with E-state index in [0.29, 0.717) is 16.7 Å². The van der Waals surface area contributed by atoms with Gasteiger partial charge < -0.3 is 10.2 Å². The summed E-state index contributed by atoms with van der Waals surface area (Å²) in [5.41, 5.74) is 0.920. The quantitative estimate of drug-likeness (QED) is 0.898. The van der Waals surface area contributed by atoms with E-state index in [1.807, 2.05) is 17.9 Å². The van der Waals surface area contributed by atoms with E-state index in [-0.39, 0.29) is 17.2 Å². The molecule has 0 bridgehead atoms. The number of aryl methyl sites for hydroxylation is 1. The molecule has 130 valence electrons. The first kappa shape index (κ1) is 17.4. The Hall–Kier alpha value is -2.46. The Bertz CT molecular complexity index is 834. The topological polar surface area (TPSA) is 69.0 Å². The summed E-state index contributed by atoms with van der Waals surface area (Å²) in [5, 5.41) is 12.2. The fourth-order valence-corrected chi connectivity index (χ4v) is 3.63. The van der Waals surface area contributed by atoms with Crippen molar-refractivity contribution < 1.29 is 9.18 Å². The molecule has 1 N–H and O–H groups in total. The lowest BCUT2D eigenvalue weighted by atomic mass is 9.99. The lowest BCUT2D eigenvalue weighted by molar-refractivity contribution is 0.0691. The number of likely N-dealkylation sites (tertiary alicyclic amines) is 1. The first-order valence-corrected chi connectivity index (χ1v) is 9.03. The summed E-state index contributed by atoms with van der Waals surface area (Å²) in [4.78, 5) is 19.7. The molecule has 5 nitrogen and oxygen atoms in total. The van der Waals surface area contributed by atoms with Gasteiger partial charge in [-0.05, 0) is 43.9 Å². The van der Waals surface area contributed by atoms with E-state index >= 15 is 0 Å². The number of thiazole rings is 1. The van der Waals surface area contributed by atoms with Crippen LogP contribution in [0.3, 0.4) is 0 Å². The molecule has 1 aromatic carbocycles. The van der Waals surface area contributed by atoms with E-state index in [2.05, 4.69) is 17.2 Å². The van der Waals surface area contributed by atoms with E-state index in [9.17, 15) is 9.18 Å². The SMILES string of the molecule is Cc1sc(Nc2ccc(C#N)cc2F)nc1C(=O)N1CCC(C)CC1. The summed E-state index contributed by atoms with van der Waals surface area (Å²) >= 11 is 1.32. The molecule has 0 aliphatic carbocycles. The van der Waals surface area contributed by atoms with Gasteiger partial charge >= 0.3 is 0 Å². The minimum atomic E-state index is -0.523. The predicted molar refractivity (Wildman–Crippen MR) is 95.6 cm³/mol. The van der Waals surface area contributed by atoms with Gasteiger partial charge in [-0.3, -0.25) is 4.79 Å². The number of hydrogen-bond acceptors (Lipinski definition) is 5. The summed E-state index contributed by atoms with van der Waals surface area (Å²) < 4.78 is 14.0. The molecule has 25 heavy (non-hydrogen) atoms. The summed E-state index contributed by atoms with van der Waals surface area (Å²) in [6.45, 7) is 5.55. The molecule has 2 aromatic rings. The zero-order valence-electron chi connectivity index (χ0n) is 14.2. The van der Waals surface area contributed by atoms with Crippen LogP contribution in [0, 0.1) is 30.0 Å². The van der Waals surface area contributed by atoms with Crippen molar-refractivity contribution in [2.45, 2.75) is 26.7 Å². The molecule has 1 amide bonds. The fraction of sp³-hybridized carbons (Fsp3) is 0.389. The zero-order chi connectivity index (χ0) is 18.0. The molecule has 3 rings (SSSR count). The third kappa shape index (κ3) is 3.80. The molecule has 0 saturated carbocycles. The van der Waals surface area contributed by atoms with Gasteiger partial charge in [0, 0.05) is 18.0 Å². The van der Waals surface area contributed by atoms with Crippen molar-refractivity contribution in [3.8, 4) is 6.07 Å². The molecule has 1 saturated heterocycles. The number of nitrogens with one attached hydrogen (secondary N) is 1. The Morgan fingerprint density at radius 2 is 2.16 bits per heavy atom. The number of piperidine rings is 1. The largest absolute Gasteiger partial charge is 0.337 e. The number of benzene rings is 1. The molecule has 2 heterocycles. The van der Waals surface area contributed by atoms with Crippen LogP contribution in [0.2, 0.25) is 0 Å². The normalized spacial score (nSPS) is 15.0. The number of halogens is 1. The van der Waals surface area contributed by atoms with Crippen LogP contribution in [0.15, 0.2) is 18.2 Å². The standard InChI is InChI=1S/C18H19FN4OS/c1-11-5-7-23(8-6-11)17(24)16-12(2)25-18(22-16)21-15-4-3-13(10-20)9-14(15)19/h3-4,9,11H,5-8H2,1-2H3,(H,21,22). The number of rotatable bonds is 3. The number of amides is 1. The van der Waals surface area contributed by atoms with Crippen molar-refractivity contribution in [1.82, 2.24) is 9.88 Å². The molecule has 1 aliphatic heterocycles. The molecule has 0 radical (unpaired) electrons. The van der Waals surface area contributed by atoms with Gasteiger partial charge in [-0.1, -0.05) is 6.92 Å². The molecular formula is C18H19FN4OS. The molecular weight excluding hydrogens is 339 g/mol. The van der Waals surface area contributed by atoms with Gasteiger partial charge in [-0.25, -0.2) is 9.37 Å². The smallest absolute Gasteiger partial charge is 0.273 e. The van der Waals surface area contributed by atoms with E-state index in [1.165, 1.54) is 29.5 Å². The Kier molecular flexibility index (Phi) is 5.00. The van der Waals surface area contributed by atoms with Gasteiger partial charge in [0.1, 0.15) is 11.5 Å². The van der Waals surface area contributed by atoms with Gasteiger partial charge in [-0.15, -0.1) is 11.3 Å². The second-order valence-corrected chi connectivity index (χ2v) is 7.53. The molecule has 0 atom stereocenters. The third-order valence-corrected chi connectivity index (χ3v) is 5.30. The molecule has 1 aliphatic rings. The highest BCUT2D eigenvalue weighted by molar-refractivity contribution is 7.15. The number of carbonyl (C=O) groups excluding carboxylic acids is 1. The van der Waals surface area contributed by atoms with Crippen molar-refractivity contribution in [3.63, 3.8) is 0 Å². The number of nitrogens with zero attached hydrogens (tertiary/aromatic N) is 3. The van der Waals surface area contributed by atoms with Crippen molar-refractivity contribution in [1.29, 1.82) is 5.26 Å². The van der Waals surface area contributed by atoms with E-state index < -0.39 is 5.82 Å². The molecule has 1 aromatic heterocycles. The number of carbonyl (C=O) groups is 1. The van der Waals surface area contributed by atoms with Crippen LogP contribution < -0.4 is 5.32 Å². The highest BCUT2D eigenvalue weighted by Gasteiger charge is 2.25. The van der Waals surface area contributed by atoms with Crippen molar-refractivity contribution >= 4 is 28.1 Å². The number of hydrogen-bond donors (Lipinski definition) is 1. The van der Waals surface area contributed by atoms with Crippen LogP contribution in [0.4, 0.5) is 15.2 Å². The minimum absolute atomic E-state index is 0.0611. The van der Waals surface area contributed by atoms with Crippen LogP contribution in [0.1, 0.15) is 40.7 Å². The third-order valence-electron chi connectivity index (χ3n) is 4.41. The van der Waals surface area contributed by atoms with Gasteiger partial charge in [0.2, 0.25) is 0 Å². The minimum Gasteiger partial charge on any atom is -0.337 e. The molecule has 1 fully saturated rings. The molecule has 0 spiro atoms. The summed E-state index contributed by atoms with van der Waals surface area (Å²) in [6.07, 6.45) is 2.02. The van der Waals surface area contributed by atoms with E-state index in [4.69, 9.17) is 5.26 Å². The number of nitriles is 1. The Morgan fingerprint density at radius 1 is 1.44 bits per heavy atom. The number of anilines is 2. The fourth-order valence-electron chi connectivity index (χ4n) is 2.81. The Morgan fingerprint density at radius 3 is 2.80 bits per heavy atom. The summed E-state index contributed by atoms with van der Waals surface area (Å²) in [5.74, 6) is 0.0657. The second kappa shape index (κ2) is 7.19.